The molecular weight excluding hydrogens is 364 g/mol. The van der Waals surface area contributed by atoms with Gasteiger partial charge in [-0.3, -0.25) is 4.79 Å². The molecule has 1 aromatic heterocycles. The molecule has 9 heteroatoms. The van der Waals surface area contributed by atoms with Crippen LogP contribution in [0, 0.1) is 23.3 Å². The predicted octanol–water partition coefficient (Wildman–Crippen LogP) is 3.96. The Balaban J connectivity index is 1.62. The molecule has 0 spiro atoms. The van der Waals surface area contributed by atoms with Gasteiger partial charge in [-0.05, 0) is 42.0 Å². The van der Waals surface area contributed by atoms with Crippen LogP contribution in [-0.4, -0.2) is 16.1 Å². The number of carbonyl (C=O) groups is 1. The molecule has 0 atom stereocenters. The van der Waals surface area contributed by atoms with Gasteiger partial charge in [0.25, 0.3) is 0 Å². The number of nitrogens with one attached hydrogen (secondary N) is 2. The third-order valence-corrected chi connectivity index (χ3v) is 3.51. The largest absolute Gasteiger partial charge is 0.336 e. The molecule has 0 unspecified atom stereocenters. The van der Waals surface area contributed by atoms with Crippen molar-refractivity contribution in [3.63, 3.8) is 0 Å². The first kappa shape index (κ1) is 18.3. The smallest absolute Gasteiger partial charge is 0.229 e. The maximum atomic E-state index is 13.6. The molecule has 0 aliphatic rings. The molecule has 0 bridgehead atoms. The number of hydrogen-bond acceptors (Lipinski definition) is 4. The van der Waals surface area contributed by atoms with E-state index in [2.05, 4.69) is 20.8 Å². The summed E-state index contributed by atoms with van der Waals surface area (Å²) in [4.78, 5) is 11.9. The van der Waals surface area contributed by atoms with Crippen molar-refractivity contribution in [2.45, 2.75) is 6.42 Å². The molecule has 0 aliphatic carbocycles. The van der Waals surface area contributed by atoms with Crippen LogP contribution >= 0.6 is 0 Å². The Morgan fingerprint density at radius 1 is 0.815 bits per heavy atom. The summed E-state index contributed by atoms with van der Waals surface area (Å²) in [5.74, 6) is -4.86. The molecule has 0 fully saturated rings. The van der Waals surface area contributed by atoms with Gasteiger partial charge in [0.1, 0.15) is 5.82 Å². The van der Waals surface area contributed by atoms with Crippen LogP contribution in [0.5, 0.6) is 0 Å². The number of halogens is 4. The van der Waals surface area contributed by atoms with Gasteiger partial charge in [0.05, 0.1) is 12.1 Å². The van der Waals surface area contributed by atoms with Crippen molar-refractivity contribution in [1.29, 1.82) is 0 Å². The van der Waals surface area contributed by atoms with Gasteiger partial charge in [-0.25, -0.2) is 17.6 Å². The number of amides is 1. The van der Waals surface area contributed by atoms with Crippen LogP contribution in [0.25, 0.3) is 0 Å². The van der Waals surface area contributed by atoms with Crippen LogP contribution in [0.1, 0.15) is 5.56 Å². The molecule has 0 saturated heterocycles. The predicted molar refractivity (Wildman–Crippen MR) is 90.4 cm³/mol. The standard InChI is InChI=1S/C18H12F4N4O/c19-11-3-1-10(2-4-11)9-16(27)24-15-8-7-14(25-26-15)23-13-6-5-12(20)17(21)18(13)22/h1-8H,9H2,(H,23,25)(H,24,26,27). The van der Waals surface area contributed by atoms with Crippen molar-refractivity contribution in [2.75, 3.05) is 10.6 Å². The summed E-state index contributed by atoms with van der Waals surface area (Å²) < 4.78 is 52.6. The molecule has 3 aromatic rings. The van der Waals surface area contributed by atoms with Crippen LogP contribution in [-0.2, 0) is 11.2 Å². The second kappa shape index (κ2) is 7.81. The zero-order valence-electron chi connectivity index (χ0n) is 13.6. The number of carbonyl (C=O) groups excluding carboxylic acids is 1. The number of anilines is 3. The maximum absolute atomic E-state index is 13.6. The van der Waals surface area contributed by atoms with Crippen LogP contribution < -0.4 is 10.6 Å². The Hall–Kier alpha value is -3.49. The topological polar surface area (TPSA) is 66.9 Å². The van der Waals surface area contributed by atoms with Crippen LogP contribution in [0.3, 0.4) is 0 Å². The van der Waals surface area contributed by atoms with Crippen LogP contribution in [0.15, 0.2) is 48.5 Å². The van der Waals surface area contributed by atoms with E-state index in [9.17, 15) is 22.4 Å². The van der Waals surface area contributed by atoms with Crippen molar-refractivity contribution in [3.8, 4) is 0 Å². The molecular formula is C18H12F4N4O. The molecule has 2 aromatic carbocycles. The molecule has 0 radical (unpaired) electrons. The van der Waals surface area contributed by atoms with E-state index >= 15 is 0 Å². The molecule has 5 nitrogen and oxygen atoms in total. The van der Waals surface area contributed by atoms with E-state index in [-0.39, 0.29) is 29.7 Å². The number of hydrogen-bond donors (Lipinski definition) is 2. The molecule has 138 valence electrons. The average molecular weight is 376 g/mol. The summed E-state index contributed by atoms with van der Waals surface area (Å²) >= 11 is 0. The first-order valence-electron chi connectivity index (χ1n) is 7.71. The van der Waals surface area contributed by atoms with E-state index in [1.807, 2.05) is 0 Å². The van der Waals surface area contributed by atoms with E-state index in [1.54, 1.807) is 0 Å². The fourth-order valence-corrected chi connectivity index (χ4v) is 2.20. The number of aromatic nitrogens is 2. The zero-order chi connectivity index (χ0) is 19.4. The van der Waals surface area contributed by atoms with Gasteiger partial charge in [0, 0.05) is 0 Å². The van der Waals surface area contributed by atoms with Crippen molar-refractivity contribution < 1.29 is 22.4 Å². The second-order valence-electron chi connectivity index (χ2n) is 5.50. The summed E-state index contributed by atoms with van der Waals surface area (Å²) in [5.41, 5.74) is 0.310. The van der Waals surface area contributed by atoms with Crippen LogP contribution in [0.2, 0.25) is 0 Å². The lowest BCUT2D eigenvalue weighted by Crippen LogP contribution is -2.15. The van der Waals surface area contributed by atoms with E-state index in [0.29, 0.717) is 5.56 Å². The second-order valence-corrected chi connectivity index (χ2v) is 5.50. The van der Waals surface area contributed by atoms with E-state index in [4.69, 9.17) is 0 Å². The van der Waals surface area contributed by atoms with E-state index in [1.165, 1.54) is 36.4 Å². The SMILES string of the molecule is O=C(Cc1ccc(F)cc1)Nc1ccc(Nc2ccc(F)c(F)c2F)nn1. The zero-order valence-corrected chi connectivity index (χ0v) is 13.6. The number of benzene rings is 2. The third-order valence-electron chi connectivity index (χ3n) is 3.51. The Morgan fingerprint density at radius 3 is 2.15 bits per heavy atom. The van der Waals surface area contributed by atoms with Gasteiger partial charge in [-0.1, -0.05) is 12.1 Å². The highest BCUT2D eigenvalue weighted by molar-refractivity contribution is 5.91. The highest BCUT2D eigenvalue weighted by Crippen LogP contribution is 2.22. The Bertz CT molecular complexity index is 962. The molecule has 0 aliphatic heterocycles. The minimum atomic E-state index is -1.60. The van der Waals surface area contributed by atoms with Gasteiger partial charge in [0.2, 0.25) is 5.91 Å². The van der Waals surface area contributed by atoms with Crippen molar-refractivity contribution in [1.82, 2.24) is 10.2 Å². The fourth-order valence-electron chi connectivity index (χ4n) is 2.20. The first-order valence-corrected chi connectivity index (χ1v) is 7.71. The van der Waals surface area contributed by atoms with E-state index < -0.39 is 23.3 Å². The Kier molecular flexibility index (Phi) is 5.30. The summed E-state index contributed by atoms with van der Waals surface area (Å²) in [7, 11) is 0. The minimum absolute atomic E-state index is 0.0159. The molecule has 3 rings (SSSR count). The molecule has 1 heterocycles. The Labute approximate surface area is 151 Å². The van der Waals surface area contributed by atoms with E-state index in [0.717, 1.165) is 12.1 Å². The third kappa shape index (κ3) is 4.57. The van der Waals surface area contributed by atoms with Gasteiger partial charge in [-0.15, -0.1) is 10.2 Å². The highest BCUT2D eigenvalue weighted by Gasteiger charge is 2.14. The lowest BCUT2D eigenvalue weighted by molar-refractivity contribution is -0.115. The maximum Gasteiger partial charge on any atom is 0.229 e. The average Bonchev–Trinajstić information content (AvgIpc) is 2.65. The summed E-state index contributed by atoms with van der Waals surface area (Å²) in [6, 6.07) is 10.1. The summed E-state index contributed by atoms with van der Waals surface area (Å²) in [5, 5.41) is 12.4. The van der Waals surface area contributed by atoms with Crippen molar-refractivity contribution in [3.05, 3.63) is 77.4 Å². The summed E-state index contributed by atoms with van der Waals surface area (Å²) in [6.07, 6.45) is 0.0159. The van der Waals surface area contributed by atoms with Crippen molar-refractivity contribution in [2.24, 2.45) is 0 Å². The number of rotatable bonds is 5. The molecule has 27 heavy (non-hydrogen) atoms. The molecule has 1 amide bonds. The summed E-state index contributed by atoms with van der Waals surface area (Å²) in [6.45, 7) is 0. The van der Waals surface area contributed by atoms with Gasteiger partial charge in [-0.2, -0.15) is 0 Å². The van der Waals surface area contributed by atoms with Gasteiger partial charge in [0.15, 0.2) is 29.1 Å². The highest BCUT2D eigenvalue weighted by atomic mass is 19.2. The molecule has 2 N–H and O–H groups in total. The Morgan fingerprint density at radius 2 is 1.48 bits per heavy atom. The fraction of sp³-hybridized carbons (Fsp3) is 0.0556. The van der Waals surface area contributed by atoms with Gasteiger partial charge < -0.3 is 10.6 Å². The minimum Gasteiger partial charge on any atom is -0.336 e. The van der Waals surface area contributed by atoms with Crippen LogP contribution in [0.4, 0.5) is 34.9 Å². The molecule has 0 saturated carbocycles. The number of nitrogens with zero attached hydrogens (tertiary/aromatic N) is 2. The first-order chi connectivity index (χ1) is 12.9. The van der Waals surface area contributed by atoms with Crippen molar-refractivity contribution >= 4 is 23.2 Å². The quantitative estimate of drug-likeness (QED) is 0.523. The lowest BCUT2D eigenvalue weighted by Gasteiger charge is -2.08. The monoisotopic (exact) mass is 376 g/mol. The van der Waals surface area contributed by atoms with Gasteiger partial charge >= 0.3 is 0 Å². The lowest BCUT2D eigenvalue weighted by atomic mass is 10.1. The normalized spacial score (nSPS) is 10.5.